The SMILES string of the molecule is CCc1cc(CN2CCCN(C(=O)c3ccc4c(c3)CCCO4)CC2)on1. The quantitative estimate of drug-likeness (QED) is 0.829. The molecular weight excluding hydrogens is 342 g/mol. The van der Waals surface area contributed by atoms with E-state index in [2.05, 4.69) is 17.0 Å². The summed E-state index contributed by atoms with van der Waals surface area (Å²) in [6, 6.07) is 7.89. The third kappa shape index (κ3) is 4.16. The number of ether oxygens (including phenoxy) is 1. The number of hydrogen-bond acceptors (Lipinski definition) is 5. The molecule has 0 unspecified atom stereocenters. The minimum absolute atomic E-state index is 0.123. The van der Waals surface area contributed by atoms with Gasteiger partial charge < -0.3 is 14.2 Å². The largest absolute Gasteiger partial charge is 0.493 e. The van der Waals surface area contributed by atoms with Crippen LogP contribution in [0.4, 0.5) is 0 Å². The molecule has 2 aromatic rings. The summed E-state index contributed by atoms with van der Waals surface area (Å²) in [6.45, 7) is 6.94. The Hall–Kier alpha value is -2.34. The number of amides is 1. The molecule has 27 heavy (non-hydrogen) atoms. The topological polar surface area (TPSA) is 58.8 Å². The van der Waals surface area contributed by atoms with E-state index < -0.39 is 0 Å². The van der Waals surface area contributed by atoms with E-state index in [0.29, 0.717) is 0 Å². The van der Waals surface area contributed by atoms with Crippen LogP contribution < -0.4 is 4.74 Å². The van der Waals surface area contributed by atoms with E-state index in [1.807, 2.05) is 29.2 Å². The maximum atomic E-state index is 13.0. The highest BCUT2D eigenvalue weighted by Gasteiger charge is 2.22. The molecule has 0 saturated carbocycles. The Balaban J connectivity index is 1.38. The van der Waals surface area contributed by atoms with E-state index in [9.17, 15) is 4.79 Å². The van der Waals surface area contributed by atoms with Gasteiger partial charge in [0, 0.05) is 37.8 Å². The first-order valence-electron chi connectivity index (χ1n) is 9.95. The fourth-order valence-corrected chi connectivity index (χ4v) is 3.83. The smallest absolute Gasteiger partial charge is 0.253 e. The molecule has 1 aromatic carbocycles. The van der Waals surface area contributed by atoms with E-state index in [4.69, 9.17) is 9.26 Å². The zero-order valence-electron chi connectivity index (χ0n) is 15.9. The molecule has 0 radical (unpaired) electrons. The summed E-state index contributed by atoms with van der Waals surface area (Å²) >= 11 is 0. The lowest BCUT2D eigenvalue weighted by Gasteiger charge is -2.23. The third-order valence-corrected chi connectivity index (χ3v) is 5.38. The monoisotopic (exact) mass is 369 g/mol. The van der Waals surface area contributed by atoms with Crippen LogP contribution in [0.3, 0.4) is 0 Å². The van der Waals surface area contributed by atoms with Crippen molar-refractivity contribution >= 4 is 5.91 Å². The molecule has 2 aliphatic heterocycles. The minimum Gasteiger partial charge on any atom is -0.493 e. The molecule has 4 rings (SSSR count). The van der Waals surface area contributed by atoms with Crippen LogP contribution in [0.2, 0.25) is 0 Å². The van der Waals surface area contributed by atoms with Gasteiger partial charge in [-0.25, -0.2) is 0 Å². The van der Waals surface area contributed by atoms with Crippen LogP contribution in [-0.2, 0) is 19.4 Å². The molecule has 1 amide bonds. The average Bonchev–Trinajstić information content (AvgIpc) is 3.04. The Labute approximate surface area is 160 Å². The van der Waals surface area contributed by atoms with E-state index in [1.165, 1.54) is 0 Å². The summed E-state index contributed by atoms with van der Waals surface area (Å²) in [5.41, 5.74) is 2.92. The molecule has 1 fully saturated rings. The van der Waals surface area contributed by atoms with Crippen molar-refractivity contribution in [2.45, 2.75) is 39.2 Å². The van der Waals surface area contributed by atoms with Crippen molar-refractivity contribution in [2.75, 3.05) is 32.8 Å². The second-order valence-corrected chi connectivity index (χ2v) is 7.33. The van der Waals surface area contributed by atoms with Crippen LogP contribution in [0.25, 0.3) is 0 Å². The van der Waals surface area contributed by atoms with Gasteiger partial charge in [0.05, 0.1) is 18.8 Å². The predicted molar refractivity (Wildman–Crippen MR) is 102 cm³/mol. The maximum absolute atomic E-state index is 13.0. The Morgan fingerprint density at radius 2 is 2.07 bits per heavy atom. The fourth-order valence-electron chi connectivity index (χ4n) is 3.83. The number of carbonyl (C=O) groups excluding carboxylic acids is 1. The molecule has 3 heterocycles. The normalized spacial score (nSPS) is 17.9. The number of aryl methyl sites for hydroxylation is 2. The lowest BCUT2D eigenvalue weighted by molar-refractivity contribution is 0.0760. The van der Waals surface area contributed by atoms with E-state index in [1.54, 1.807) is 0 Å². The summed E-state index contributed by atoms with van der Waals surface area (Å²) in [5.74, 6) is 1.96. The number of benzene rings is 1. The van der Waals surface area contributed by atoms with Crippen LogP contribution in [0.15, 0.2) is 28.8 Å². The summed E-state index contributed by atoms with van der Waals surface area (Å²) in [5, 5.41) is 4.07. The van der Waals surface area contributed by atoms with Crippen LogP contribution in [0.5, 0.6) is 5.75 Å². The van der Waals surface area contributed by atoms with Crippen molar-refractivity contribution in [1.82, 2.24) is 15.0 Å². The zero-order valence-corrected chi connectivity index (χ0v) is 15.9. The molecule has 1 aromatic heterocycles. The highest BCUT2D eigenvalue weighted by atomic mass is 16.5. The van der Waals surface area contributed by atoms with Gasteiger partial charge in [0.1, 0.15) is 5.75 Å². The molecule has 144 valence electrons. The van der Waals surface area contributed by atoms with Gasteiger partial charge in [-0.2, -0.15) is 0 Å². The average molecular weight is 369 g/mol. The first kappa shape index (κ1) is 18.0. The standard InChI is InChI=1S/C21H27N3O3/c1-2-18-14-19(27-22-18)15-23-8-4-9-24(11-10-23)21(25)17-6-7-20-16(13-17)5-3-12-26-20/h6-7,13-14H,2-5,8-12,15H2,1H3. The zero-order chi connectivity index (χ0) is 18.6. The van der Waals surface area contributed by atoms with E-state index >= 15 is 0 Å². The summed E-state index contributed by atoms with van der Waals surface area (Å²) in [4.78, 5) is 17.3. The first-order valence-corrected chi connectivity index (χ1v) is 9.95. The van der Waals surface area contributed by atoms with Crippen molar-refractivity contribution in [2.24, 2.45) is 0 Å². The number of hydrogen-bond donors (Lipinski definition) is 0. The molecular formula is C21H27N3O3. The van der Waals surface area contributed by atoms with Crippen LogP contribution in [0.1, 0.15) is 47.1 Å². The highest BCUT2D eigenvalue weighted by Crippen LogP contribution is 2.26. The van der Waals surface area contributed by atoms with Gasteiger partial charge in [-0.3, -0.25) is 9.69 Å². The maximum Gasteiger partial charge on any atom is 0.253 e. The van der Waals surface area contributed by atoms with Crippen LogP contribution in [0, 0.1) is 0 Å². The van der Waals surface area contributed by atoms with Crippen molar-refractivity contribution in [3.8, 4) is 5.75 Å². The molecule has 0 atom stereocenters. The Morgan fingerprint density at radius 3 is 2.93 bits per heavy atom. The van der Waals surface area contributed by atoms with Crippen molar-refractivity contribution < 1.29 is 14.1 Å². The van der Waals surface area contributed by atoms with Gasteiger partial charge in [-0.05, 0) is 49.4 Å². The van der Waals surface area contributed by atoms with Crippen LogP contribution >= 0.6 is 0 Å². The summed E-state index contributed by atoms with van der Waals surface area (Å²) in [7, 11) is 0. The molecule has 2 aliphatic rings. The number of nitrogens with zero attached hydrogens (tertiary/aromatic N) is 3. The highest BCUT2D eigenvalue weighted by molar-refractivity contribution is 5.94. The molecule has 0 N–H and O–H groups in total. The summed E-state index contributed by atoms with van der Waals surface area (Å²) < 4.78 is 11.1. The molecule has 6 heteroatoms. The second kappa shape index (κ2) is 8.13. The van der Waals surface area contributed by atoms with Gasteiger partial charge in [0.15, 0.2) is 5.76 Å². The Morgan fingerprint density at radius 1 is 1.15 bits per heavy atom. The molecule has 6 nitrogen and oxygen atoms in total. The minimum atomic E-state index is 0.123. The van der Waals surface area contributed by atoms with Crippen molar-refractivity contribution in [3.63, 3.8) is 0 Å². The van der Waals surface area contributed by atoms with Gasteiger partial charge in [0.25, 0.3) is 5.91 Å². The fraction of sp³-hybridized carbons (Fsp3) is 0.524. The lowest BCUT2D eigenvalue weighted by Crippen LogP contribution is -2.35. The molecule has 0 aliphatic carbocycles. The van der Waals surface area contributed by atoms with Crippen LogP contribution in [-0.4, -0.2) is 53.6 Å². The van der Waals surface area contributed by atoms with E-state index in [0.717, 1.165) is 93.3 Å². The van der Waals surface area contributed by atoms with E-state index in [-0.39, 0.29) is 5.91 Å². The molecule has 0 bridgehead atoms. The Kier molecular flexibility index (Phi) is 5.43. The third-order valence-electron chi connectivity index (χ3n) is 5.38. The lowest BCUT2D eigenvalue weighted by atomic mass is 10.0. The number of rotatable bonds is 4. The number of fused-ring (bicyclic) bond motifs is 1. The van der Waals surface area contributed by atoms with Crippen molar-refractivity contribution in [1.29, 1.82) is 0 Å². The Bertz CT molecular complexity index is 802. The first-order chi connectivity index (χ1) is 13.2. The van der Waals surface area contributed by atoms with Gasteiger partial charge in [-0.1, -0.05) is 12.1 Å². The van der Waals surface area contributed by atoms with Gasteiger partial charge in [0.2, 0.25) is 0 Å². The van der Waals surface area contributed by atoms with Gasteiger partial charge in [-0.15, -0.1) is 0 Å². The van der Waals surface area contributed by atoms with Gasteiger partial charge >= 0.3 is 0 Å². The van der Waals surface area contributed by atoms with Crippen molar-refractivity contribution in [3.05, 3.63) is 46.8 Å². The molecule has 0 spiro atoms. The predicted octanol–water partition coefficient (Wildman–Crippen LogP) is 2.91. The number of aromatic nitrogens is 1. The number of carbonyl (C=O) groups is 1. The summed E-state index contributed by atoms with van der Waals surface area (Å²) in [6.07, 6.45) is 3.86. The molecule has 1 saturated heterocycles. The second-order valence-electron chi connectivity index (χ2n) is 7.33.